The van der Waals surface area contributed by atoms with Gasteiger partial charge in [-0.25, -0.2) is 0 Å². The number of aliphatic hydroxyl groups is 3. The Morgan fingerprint density at radius 2 is 1.67 bits per heavy atom. The number of hydrogen-bond acceptors (Lipinski definition) is 12. The highest BCUT2D eigenvalue weighted by Gasteiger charge is 2.50. The number of methoxy groups -OCH3 is 2. The van der Waals surface area contributed by atoms with E-state index < -0.39 is 24.4 Å². The highest BCUT2D eigenvalue weighted by Crippen LogP contribution is 2.42. The molecular weight excluding hydrogens is 696 g/mol. The zero-order chi connectivity index (χ0) is 38.5. The first-order valence-corrected chi connectivity index (χ1v) is 20.8. The van der Waals surface area contributed by atoms with E-state index >= 15 is 0 Å². The molecule has 0 bridgehead atoms. The van der Waals surface area contributed by atoms with Gasteiger partial charge in [0.15, 0.2) is 0 Å². The Balaban J connectivity index is 1.08. The molecule has 12 heteroatoms. The molecule has 3 N–H and O–H groups in total. The molecule has 308 valence electrons. The maximum atomic E-state index is 13.9. The third kappa shape index (κ3) is 10.0. The largest absolute Gasteiger partial charge is 0.394 e. The van der Waals surface area contributed by atoms with Crippen molar-refractivity contribution in [3.05, 3.63) is 24.3 Å². The summed E-state index contributed by atoms with van der Waals surface area (Å²) in [4.78, 5) is 13.9. The highest BCUT2D eigenvalue weighted by atomic mass is 16.6. The quantitative estimate of drug-likeness (QED) is 0.180. The summed E-state index contributed by atoms with van der Waals surface area (Å²) in [6.45, 7) is 13.3. The van der Waals surface area contributed by atoms with Crippen LogP contribution in [-0.4, -0.2) is 140 Å². The van der Waals surface area contributed by atoms with Gasteiger partial charge in [0.2, 0.25) is 0 Å². The molecule has 0 aromatic heterocycles. The molecule has 0 radical (unpaired) electrons. The number of fused-ring (bicyclic) bond motifs is 1. The molecule has 17 atom stereocenters. The SMILES string of the molecule is C=C1CC(CCC)OC1CCC1C[C@@H](C)C(=C)C(C[C@@H]2O[C@H](CC(O)CO)[C@H](OC)C2CC(=O)CC2CCC3O[C@@H](C4OCC[C@H]4O)CC(OC)[C@H]3O2)O1. The number of ketones is 1. The van der Waals surface area contributed by atoms with Gasteiger partial charge < -0.3 is 53.2 Å². The van der Waals surface area contributed by atoms with Gasteiger partial charge in [-0.15, -0.1) is 0 Å². The monoisotopic (exact) mass is 764 g/mol. The third-order valence-corrected chi connectivity index (χ3v) is 13.1. The first-order chi connectivity index (χ1) is 26.0. The van der Waals surface area contributed by atoms with Crippen molar-refractivity contribution < 1.29 is 58.0 Å². The van der Waals surface area contributed by atoms with E-state index in [1.54, 1.807) is 14.2 Å². The van der Waals surface area contributed by atoms with Gasteiger partial charge in [-0.1, -0.05) is 33.4 Å². The van der Waals surface area contributed by atoms with Crippen LogP contribution in [0.25, 0.3) is 0 Å². The van der Waals surface area contributed by atoms with Crippen molar-refractivity contribution in [1.29, 1.82) is 0 Å². The molecule has 6 aliphatic rings. The van der Waals surface area contributed by atoms with Crippen LogP contribution in [0.2, 0.25) is 0 Å². The molecule has 0 amide bonds. The normalized spacial score (nSPS) is 43.4. The van der Waals surface area contributed by atoms with Gasteiger partial charge in [-0.05, 0) is 68.4 Å². The van der Waals surface area contributed by atoms with E-state index in [-0.39, 0.29) is 111 Å². The zero-order valence-electron chi connectivity index (χ0n) is 33.1. The van der Waals surface area contributed by atoms with Gasteiger partial charge in [0.05, 0.1) is 86.0 Å². The molecule has 6 aliphatic heterocycles. The molecule has 10 unspecified atom stereocenters. The Bertz CT molecular complexity index is 1240. The van der Waals surface area contributed by atoms with Gasteiger partial charge >= 0.3 is 0 Å². The van der Waals surface area contributed by atoms with Crippen molar-refractivity contribution in [3.8, 4) is 0 Å². The van der Waals surface area contributed by atoms with Gasteiger partial charge in [-0.3, -0.25) is 4.79 Å². The second-order valence-corrected chi connectivity index (χ2v) is 17.0. The van der Waals surface area contributed by atoms with Crippen molar-refractivity contribution in [3.63, 3.8) is 0 Å². The summed E-state index contributed by atoms with van der Waals surface area (Å²) in [6.07, 6.45) is 5.11. The number of carbonyl (C=O) groups excluding carboxylic acids is 1. The summed E-state index contributed by atoms with van der Waals surface area (Å²) in [5.41, 5.74) is 2.21. The lowest BCUT2D eigenvalue weighted by Gasteiger charge is -2.47. The van der Waals surface area contributed by atoms with Crippen LogP contribution in [-0.2, 0) is 42.7 Å². The smallest absolute Gasteiger partial charge is 0.135 e. The number of ether oxygens (including phenoxy) is 8. The van der Waals surface area contributed by atoms with Gasteiger partial charge in [-0.2, -0.15) is 0 Å². The molecule has 12 nitrogen and oxygen atoms in total. The Hall–Kier alpha value is -1.29. The van der Waals surface area contributed by atoms with Crippen molar-refractivity contribution in [2.75, 3.05) is 27.4 Å². The van der Waals surface area contributed by atoms with Crippen LogP contribution >= 0.6 is 0 Å². The molecule has 54 heavy (non-hydrogen) atoms. The predicted molar refractivity (Wildman–Crippen MR) is 200 cm³/mol. The Morgan fingerprint density at radius 1 is 0.870 bits per heavy atom. The number of Topliss-reactive ketones (excluding diaryl/α,β-unsaturated/α-hetero) is 1. The average molecular weight is 765 g/mol. The van der Waals surface area contributed by atoms with Crippen LogP contribution in [0, 0.1) is 11.8 Å². The highest BCUT2D eigenvalue weighted by molar-refractivity contribution is 5.79. The van der Waals surface area contributed by atoms with Crippen molar-refractivity contribution in [2.45, 2.75) is 195 Å². The number of rotatable bonds is 17. The van der Waals surface area contributed by atoms with E-state index in [0.29, 0.717) is 32.3 Å². The summed E-state index contributed by atoms with van der Waals surface area (Å²) in [5, 5.41) is 30.5. The molecule has 0 aromatic carbocycles. The van der Waals surface area contributed by atoms with Gasteiger partial charge in [0, 0.05) is 58.8 Å². The minimum absolute atomic E-state index is 0.0434. The van der Waals surface area contributed by atoms with E-state index in [0.717, 1.165) is 50.5 Å². The molecular formula is C42H68O12. The summed E-state index contributed by atoms with van der Waals surface area (Å²) >= 11 is 0. The lowest BCUT2D eigenvalue weighted by molar-refractivity contribution is -0.250. The second kappa shape index (κ2) is 19.4. The van der Waals surface area contributed by atoms with Crippen LogP contribution in [0.1, 0.15) is 104 Å². The summed E-state index contributed by atoms with van der Waals surface area (Å²) < 4.78 is 50.3. The fourth-order valence-electron chi connectivity index (χ4n) is 10.1. The maximum absolute atomic E-state index is 13.9. The van der Waals surface area contributed by atoms with Gasteiger partial charge in [0.1, 0.15) is 18.0 Å². The maximum Gasteiger partial charge on any atom is 0.135 e. The fraction of sp³-hybridized carbons (Fsp3) is 0.881. The summed E-state index contributed by atoms with van der Waals surface area (Å²) in [7, 11) is 3.28. The van der Waals surface area contributed by atoms with Crippen LogP contribution in [0.4, 0.5) is 0 Å². The molecule has 6 rings (SSSR count). The molecule has 6 saturated heterocycles. The minimum atomic E-state index is -0.962. The minimum Gasteiger partial charge on any atom is -0.394 e. The average Bonchev–Trinajstić information content (AvgIpc) is 3.84. The standard InChI is InChI=1S/C42H68O12/c1-7-8-28-16-24(3)33(50-28)11-9-29-15-23(2)25(4)35(51-29)20-36-31(40(48-6)38(54-36)19-27(45)22-43)18-26(44)17-30-10-12-34-42(52-30)37(47-5)21-39(53-34)41-32(46)13-14-49-41/h23,27-43,45-46H,3-4,7-22H2,1-2,5-6H3/t23-,27?,28?,29?,30?,31?,32-,33?,34?,35?,36+,37?,38-,39-,40-,41?,42+/m1/s1. The first kappa shape index (κ1) is 42.3. The lowest BCUT2D eigenvalue weighted by Crippen LogP contribution is -2.57. The number of hydrogen-bond donors (Lipinski definition) is 3. The predicted octanol–water partition coefficient (Wildman–Crippen LogP) is 4.38. The number of carbonyl (C=O) groups is 1. The van der Waals surface area contributed by atoms with Crippen LogP contribution in [0.15, 0.2) is 24.3 Å². The molecule has 6 fully saturated rings. The Kier molecular flexibility index (Phi) is 15.2. The van der Waals surface area contributed by atoms with E-state index in [2.05, 4.69) is 27.0 Å². The lowest BCUT2D eigenvalue weighted by atomic mass is 9.81. The summed E-state index contributed by atoms with van der Waals surface area (Å²) in [5.74, 6) is 0.0381. The fourth-order valence-corrected chi connectivity index (χ4v) is 10.1. The second-order valence-electron chi connectivity index (χ2n) is 17.0. The van der Waals surface area contributed by atoms with Crippen LogP contribution < -0.4 is 0 Å². The zero-order valence-corrected chi connectivity index (χ0v) is 33.1. The van der Waals surface area contributed by atoms with Gasteiger partial charge in [0.25, 0.3) is 0 Å². The van der Waals surface area contributed by atoms with E-state index in [1.807, 2.05) is 0 Å². The van der Waals surface area contributed by atoms with E-state index in [4.69, 9.17) is 37.9 Å². The van der Waals surface area contributed by atoms with Crippen molar-refractivity contribution in [2.24, 2.45) is 11.8 Å². The van der Waals surface area contributed by atoms with E-state index in [1.165, 1.54) is 5.57 Å². The Labute approximate surface area is 322 Å². The Morgan fingerprint density at radius 3 is 2.37 bits per heavy atom. The first-order valence-electron chi connectivity index (χ1n) is 20.8. The van der Waals surface area contributed by atoms with Crippen LogP contribution in [0.3, 0.4) is 0 Å². The summed E-state index contributed by atoms with van der Waals surface area (Å²) in [6, 6.07) is 0. The van der Waals surface area contributed by atoms with Crippen molar-refractivity contribution in [1.82, 2.24) is 0 Å². The molecule has 0 aliphatic carbocycles. The third-order valence-electron chi connectivity index (χ3n) is 13.1. The molecule has 0 saturated carbocycles. The topological polar surface area (TPSA) is 152 Å². The van der Waals surface area contributed by atoms with E-state index in [9.17, 15) is 20.1 Å². The molecule has 0 aromatic rings. The van der Waals surface area contributed by atoms with Crippen LogP contribution in [0.5, 0.6) is 0 Å². The molecule has 6 heterocycles. The number of aliphatic hydroxyl groups excluding tert-OH is 3. The van der Waals surface area contributed by atoms with Crippen molar-refractivity contribution >= 4 is 5.78 Å². The molecule has 0 spiro atoms.